The zero-order chi connectivity index (χ0) is 19.2. The van der Waals surface area contributed by atoms with Crippen LogP contribution < -0.4 is 5.32 Å². The van der Waals surface area contributed by atoms with Crippen molar-refractivity contribution in [1.29, 1.82) is 0 Å². The lowest BCUT2D eigenvalue weighted by molar-refractivity contribution is -0.384. The predicted molar refractivity (Wildman–Crippen MR) is 104 cm³/mol. The molecule has 3 aromatic rings. The number of halogens is 1. The lowest BCUT2D eigenvalue weighted by Crippen LogP contribution is -2.27. The summed E-state index contributed by atoms with van der Waals surface area (Å²) in [5.74, 6) is -0.313. The molecule has 0 aliphatic rings. The predicted octanol–water partition coefficient (Wildman–Crippen LogP) is 5.56. The maximum absolute atomic E-state index is 13.4. The van der Waals surface area contributed by atoms with E-state index in [1.807, 2.05) is 24.3 Å². The minimum atomic E-state index is -0.403. The molecule has 0 amide bonds. The molecule has 0 heterocycles. The van der Waals surface area contributed by atoms with Gasteiger partial charge in [0.2, 0.25) is 0 Å². The van der Waals surface area contributed by atoms with Crippen molar-refractivity contribution < 1.29 is 9.31 Å². The van der Waals surface area contributed by atoms with Gasteiger partial charge >= 0.3 is 0 Å². The Hall–Kier alpha value is -3.05. The molecule has 1 N–H and O–H groups in total. The maximum Gasteiger partial charge on any atom is 0.269 e. The van der Waals surface area contributed by atoms with E-state index in [9.17, 15) is 14.5 Å². The molecule has 0 radical (unpaired) electrons. The second-order valence-corrected chi connectivity index (χ2v) is 6.37. The minimum Gasteiger partial charge on any atom is -0.299 e. The van der Waals surface area contributed by atoms with Crippen LogP contribution in [0.3, 0.4) is 0 Å². The maximum atomic E-state index is 13.4. The third-order valence-corrected chi connectivity index (χ3v) is 4.60. The van der Waals surface area contributed by atoms with E-state index in [-0.39, 0.29) is 23.6 Å². The number of hydrogen-bond acceptors (Lipinski definition) is 3. The molecule has 27 heavy (non-hydrogen) atoms. The van der Waals surface area contributed by atoms with Gasteiger partial charge in [-0.3, -0.25) is 15.4 Å². The van der Waals surface area contributed by atoms with Crippen LogP contribution in [-0.2, 0) is 0 Å². The summed E-state index contributed by atoms with van der Waals surface area (Å²) in [6.07, 6.45) is 0.844. The number of nitro groups is 1. The summed E-state index contributed by atoms with van der Waals surface area (Å²) in [7, 11) is 0. The average Bonchev–Trinajstić information content (AvgIpc) is 2.70. The lowest BCUT2D eigenvalue weighted by atomic mass is 9.95. The van der Waals surface area contributed by atoms with Crippen LogP contribution in [0.4, 0.5) is 10.1 Å². The highest BCUT2D eigenvalue weighted by atomic mass is 19.1. The van der Waals surface area contributed by atoms with Gasteiger partial charge in [-0.2, -0.15) is 0 Å². The standard InChI is InChI=1S/C22H21FN2O2/c1-2-21(16-7-4-3-5-8-16)24-22(17-11-13-19(23)14-12-17)18-9-6-10-20(15-18)25(26)27/h3-15,21-22,24H,2H2,1H3. The molecular weight excluding hydrogens is 343 g/mol. The number of nitrogens with one attached hydrogen (secondary N) is 1. The Kier molecular flexibility index (Phi) is 5.94. The second kappa shape index (κ2) is 8.56. The Morgan fingerprint density at radius 2 is 1.59 bits per heavy atom. The highest BCUT2D eigenvalue weighted by Crippen LogP contribution is 2.29. The zero-order valence-electron chi connectivity index (χ0n) is 15.0. The number of benzene rings is 3. The Bertz CT molecular complexity index is 898. The van der Waals surface area contributed by atoms with Crippen LogP contribution in [-0.4, -0.2) is 4.92 Å². The highest BCUT2D eigenvalue weighted by molar-refractivity contribution is 5.40. The first kappa shape index (κ1) is 18.7. The van der Waals surface area contributed by atoms with Crippen molar-refractivity contribution in [1.82, 2.24) is 5.32 Å². The number of nitrogens with zero attached hydrogens (tertiary/aromatic N) is 1. The Morgan fingerprint density at radius 3 is 2.22 bits per heavy atom. The molecule has 2 atom stereocenters. The van der Waals surface area contributed by atoms with Crippen molar-refractivity contribution in [3.8, 4) is 0 Å². The molecule has 0 aliphatic heterocycles. The van der Waals surface area contributed by atoms with Gasteiger partial charge in [-0.05, 0) is 35.2 Å². The van der Waals surface area contributed by atoms with Crippen LogP contribution in [0.15, 0.2) is 78.9 Å². The van der Waals surface area contributed by atoms with Crippen LogP contribution >= 0.6 is 0 Å². The van der Waals surface area contributed by atoms with E-state index in [2.05, 4.69) is 24.4 Å². The van der Waals surface area contributed by atoms with E-state index >= 15 is 0 Å². The van der Waals surface area contributed by atoms with Gasteiger partial charge in [-0.1, -0.05) is 61.5 Å². The second-order valence-electron chi connectivity index (χ2n) is 6.37. The number of rotatable bonds is 7. The van der Waals surface area contributed by atoms with Gasteiger partial charge in [0.15, 0.2) is 0 Å². The molecule has 5 heteroatoms. The largest absolute Gasteiger partial charge is 0.299 e. The normalized spacial score (nSPS) is 13.1. The highest BCUT2D eigenvalue weighted by Gasteiger charge is 2.21. The molecule has 0 saturated carbocycles. The van der Waals surface area contributed by atoms with Crippen molar-refractivity contribution >= 4 is 5.69 Å². The van der Waals surface area contributed by atoms with Gasteiger partial charge in [0.25, 0.3) is 5.69 Å². The summed E-state index contributed by atoms with van der Waals surface area (Å²) in [5, 5.41) is 14.8. The topological polar surface area (TPSA) is 55.2 Å². The third kappa shape index (κ3) is 4.57. The van der Waals surface area contributed by atoms with Crippen LogP contribution in [0.2, 0.25) is 0 Å². The summed E-state index contributed by atoms with van der Waals surface area (Å²) in [5.41, 5.74) is 2.79. The van der Waals surface area contributed by atoms with Gasteiger partial charge in [-0.15, -0.1) is 0 Å². The summed E-state index contributed by atoms with van der Waals surface area (Å²) < 4.78 is 13.4. The van der Waals surface area contributed by atoms with Gasteiger partial charge in [0, 0.05) is 18.2 Å². The molecule has 4 nitrogen and oxygen atoms in total. The summed E-state index contributed by atoms with van der Waals surface area (Å²) in [6, 6.07) is 22.6. The first-order valence-electron chi connectivity index (χ1n) is 8.89. The minimum absolute atomic E-state index is 0.0363. The van der Waals surface area contributed by atoms with E-state index in [1.54, 1.807) is 24.3 Å². The fraction of sp³-hybridized carbons (Fsp3) is 0.182. The monoisotopic (exact) mass is 364 g/mol. The van der Waals surface area contributed by atoms with E-state index in [1.165, 1.54) is 18.2 Å². The van der Waals surface area contributed by atoms with Gasteiger partial charge in [0.1, 0.15) is 5.82 Å². The number of hydrogen-bond donors (Lipinski definition) is 1. The number of non-ortho nitro benzene ring substituents is 1. The van der Waals surface area contributed by atoms with Crippen molar-refractivity contribution in [2.24, 2.45) is 0 Å². The quantitative estimate of drug-likeness (QED) is 0.441. The van der Waals surface area contributed by atoms with Crippen molar-refractivity contribution in [3.05, 3.63) is 111 Å². The Labute approximate surface area is 157 Å². The van der Waals surface area contributed by atoms with E-state index in [0.717, 1.165) is 23.1 Å². The number of nitro benzene ring substituents is 1. The summed E-state index contributed by atoms with van der Waals surface area (Å²) >= 11 is 0. The van der Waals surface area contributed by atoms with Crippen LogP contribution in [0, 0.1) is 15.9 Å². The molecule has 138 valence electrons. The molecule has 2 unspecified atom stereocenters. The molecule has 3 aromatic carbocycles. The molecule has 0 fully saturated rings. The van der Waals surface area contributed by atoms with Gasteiger partial charge in [0.05, 0.1) is 11.0 Å². The fourth-order valence-corrected chi connectivity index (χ4v) is 3.19. The third-order valence-electron chi connectivity index (χ3n) is 4.60. The molecule has 0 saturated heterocycles. The Balaban J connectivity index is 2.01. The molecule has 0 spiro atoms. The molecule has 0 aromatic heterocycles. The first-order chi connectivity index (χ1) is 13.1. The van der Waals surface area contributed by atoms with Crippen molar-refractivity contribution in [2.45, 2.75) is 25.4 Å². The average molecular weight is 364 g/mol. The molecule has 0 aliphatic carbocycles. The first-order valence-corrected chi connectivity index (χ1v) is 8.89. The van der Waals surface area contributed by atoms with Crippen LogP contribution in [0.25, 0.3) is 0 Å². The lowest BCUT2D eigenvalue weighted by Gasteiger charge is -2.26. The van der Waals surface area contributed by atoms with E-state index in [4.69, 9.17) is 0 Å². The fourth-order valence-electron chi connectivity index (χ4n) is 3.19. The zero-order valence-corrected chi connectivity index (χ0v) is 15.0. The Morgan fingerprint density at radius 1 is 0.926 bits per heavy atom. The summed E-state index contributed by atoms with van der Waals surface area (Å²) in [6.45, 7) is 2.08. The van der Waals surface area contributed by atoms with Crippen LogP contribution in [0.5, 0.6) is 0 Å². The van der Waals surface area contributed by atoms with Crippen molar-refractivity contribution in [2.75, 3.05) is 0 Å². The molecular formula is C22H21FN2O2. The van der Waals surface area contributed by atoms with Gasteiger partial charge in [-0.25, -0.2) is 4.39 Å². The smallest absolute Gasteiger partial charge is 0.269 e. The van der Waals surface area contributed by atoms with Crippen LogP contribution in [0.1, 0.15) is 42.1 Å². The SMILES string of the molecule is CCC(NC(c1ccc(F)cc1)c1cccc([N+](=O)[O-])c1)c1ccccc1. The van der Waals surface area contributed by atoms with E-state index in [0.29, 0.717) is 0 Å². The van der Waals surface area contributed by atoms with Crippen molar-refractivity contribution in [3.63, 3.8) is 0 Å². The summed E-state index contributed by atoms with van der Waals surface area (Å²) in [4.78, 5) is 10.8. The van der Waals surface area contributed by atoms with E-state index < -0.39 is 4.92 Å². The molecule has 3 rings (SSSR count). The van der Waals surface area contributed by atoms with Gasteiger partial charge < -0.3 is 0 Å². The molecule has 0 bridgehead atoms.